The molecule has 3 aromatic rings. The third-order valence-electron chi connectivity index (χ3n) is 4.16. The maximum absolute atomic E-state index is 12.7. The summed E-state index contributed by atoms with van der Waals surface area (Å²) >= 11 is 0. The molecule has 25 heavy (non-hydrogen) atoms. The summed E-state index contributed by atoms with van der Waals surface area (Å²) in [6.45, 7) is 5.69. The van der Waals surface area contributed by atoms with Crippen molar-refractivity contribution in [1.82, 2.24) is 9.72 Å². The number of hydrogen-bond acceptors (Lipinski definition) is 4. The predicted molar refractivity (Wildman–Crippen MR) is 98.8 cm³/mol. The number of rotatable bonds is 4. The first kappa shape index (κ1) is 16.8. The summed E-state index contributed by atoms with van der Waals surface area (Å²) in [5.41, 5.74) is 4.22. The van der Waals surface area contributed by atoms with Gasteiger partial charge in [0.15, 0.2) is 5.82 Å². The van der Waals surface area contributed by atoms with Gasteiger partial charge < -0.3 is 14.7 Å². The van der Waals surface area contributed by atoms with Gasteiger partial charge in [-0.1, -0.05) is 5.16 Å². The average molecular weight is 338 g/mol. The van der Waals surface area contributed by atoms with E-state index in [9.17, 15) is 4.79 Å². The predicted octanol–water partition coefficient (Wildman–Crippen LogP) is 3.71. The first-order valence-corrected chi connectivity index (χ1v) is 8.08. The molecule has 0 aliphatic heterocycles. The Hall–Kier alpha value is -3.02. The standard InChI is InChI=1S/C19H22N4O2/c1-12-10-17(14(3)23(12)18-11-13(2)25-21-18)19(24)20-15-6-8-16(9-7-15)22(4)5/h6-11H,1-5H3,(H,20,24). The number of nitrogens with one attached hydrogen (secondary N) is 1. The van der Waals surface area contributed by atoms with E-state index in [2.05, 4.69) is 10.5 Å². The molecule has 0 fully saturated rings. The van der Waals surface area contributed by atoms with E-state index in [-0.39, 0.29) is 5.91 Å². The highest BCUT2D eigenvalue weighted by atomic mass is 16.5. The molecule has 6 heteroatoms. The number of aromatic nitrogens is 2. The van der Waals surface area contributed by atoms with Crippen LogP contribution in [0.15, 0.2) is 40.9 Å². The Morgan fingerprint density at radius 2 is 1.80 bits per heavy atom. The topological polar surface area (TPSA) is 63.3 Å². The zero-order valence-electron chi connectivity index (χ0n) is 15.1. The van der Waals surface area contributed by atoms with Crippen molar-refractivity contribution in [2.24, 2.45) is 0 Å². The summed E-state index contributed by atoms with van der Waals surface area (Å²) in [5, 5.41) is 6.99. The Morgan fingerprint density at radius 1 is 1.12 bits per heavy atom. The van der Waals surface area contributed by atoms with Crippen molar-refractivity contribution in [2.75, 3.05) is 24.3 Å². The number of aryl methyl sites for hydroxylation is 2. The molecule has 3 rings (SSSR count). The van der Waals surface area contributed by atoms with Crippen LogP contribution in [0.5, 0.6) is 0 Å². The first-order valence-electron chi connectivity index (χ1n) is 8.08. The molecule has 2 heterocycles. The minimum atomic E-state index is -0.142. The van der Waals surface area contributed by atoms with Crippen LogP contribution < -0.4 is 10.2 Å². The van der Waals surface area contributed by atoms with Gasteiger partial charge in [-0.2, -0.15) is 0 Å². The molecule has 0 aliphatic carbocycles. The van der Waals surface area contributed by atoms with Crippen LogP contribution in [0.1, 0.15) is 27.5 Å². The molecule has 0 bridgehead atoms. The molecule has 6 nitrogen and oxygen atoms in total. The zero-order valence-corrected chi connectivity index (χ0v) is 15.1. The molecule has 0 atom stereocenters. The summed E-state index contributed by atoms with van der Waals surface area (Å²) in [7, 11) is 3.96. The zero-order chi connectivity index (χ0) is 18.1. The number of carbonyl (C=O) groups is 1. The number of benzene rings is 1. The van der Waals surface area contributed by atoms with E-state index in [1.54, 1.807) is 0 Å². The van der Waals surface area contributed by atoms with Gasteiger partial charge >= 0.3 is 0 Å². The second-order valence-corrected chi connectivity index (χ2v) is 6.31. The summed E-state index contributed by atoms with van der Waals surface area (Å²) in [6.07, 6.45) is 0. The van der Waals surface area contributed by atoms with Crippen LogP contribution in [0.2, 0.25) is 0 Å². The molecular weight excluding hydrogens is 316 g/mol. The Morgan fingerprint density at radius 3 is 2.36 bits per heavy atom. The number of amides is 1. The lowest BCUT2D eigenvalue weighted by molar-refractivity contribution is 0.102. The van der Waals surface area contributed by atoms with Crippen LogP contribution in [0.4, 0.5) is 11.4 Å². The lowest BCUT2D eigenvalue weighted by atomic mass is 10.2. The van der Waals surface area contributed by atoms with E-state index in [1.807, 2.05) is 80.7 Å². The van der Waals surface area contributed by atoms with Crippen molar-refractivity contribution >= 4 is 17.3 Å². The normalized spacial score (nSPS) is 10.8. The highest BCUT2D eigenvalue weighted by molar-refractivity contribution is 6.05. The van der Waals surface area contributed by atoms with Crippen LogP contribution in [0.3, 0.4) is 0 Å². The molecule has 0 saturated carbocycles. The second kappa shape index (κ2) is 6.47. The molecule has 1 aromatic carbocycles. The summed E-state index contributed by atoms with van der Waals surface area (Å²) in [4.78, 5) is 14.7. The minimum Gasteiger partial charge on any atom is -0.378 e. The molecule has 0 spiro atoms. The van der Waals surface area contributed by atoms with E-state index in [4.69, 9.17) is 4.52 Å². The quantitative estimate of drug-likeness (QED) is 0.788. The monoisotopic (exact) mass is 338 g/mol. The third-order valence-corrected chi connectivity index (χ3v) is 4.16. The van der Waals surface area contributed by atoms with Crippen molar-refractivity contribution in [1.29, 1.82) is 0 Å². The Balaban J connectivity index is 1.85. The molecule has 0 saturated heterocycles. The Bertz CT molecular complexity index is 904. The van der Waals surface area contributed by atoms with E-state index in [0.29, 0.717) is 11.4 Å². The molecule has 130 valence electrons. The van der Waals surface area contributed by atoms with E-state index < -0.39 is 0 Å². The second-order valence-electron chi connectivity index (χ2n) is 6.31. The van der Waals surface area contributed by atoms with Crippen molar-refractivity contribution in [3.05, 3.63) is 59.1 Å². The van der Waals surface area contributed by atoms with Gasteiger partial charge in [0.25, 0.3) is 5.91 Å². The largest absolute Gasteiger partial charge is 0.378 e. The van der Waals surface area contributed by atoms with Crippen LogP contribution in [0, 0.1) is 20.8 Å². The van der Waals surface area contributed by atoms with Gasteiger partial charge in [-0.05, 0) is 51.1 Å². The lowest BCUT2D eigenvalue weighted by Crippen LogP contribution is -2.13. The molecule has 0 unspecified atom stereocenters. The van der Waals surface area contributed by atoms with E-state index in [1.165, 1.54) is 0 Å². The van der Waals surface area contributed by atoms with E-state index in [0.717, 1.165) is 28.5 Å². The van der Waals surface area contributed by atoms with Gasteiger partial charge in [-0.3, -0.25) is 9.36 Å². The van der Waals surface area contributed by atoms with Crippen LogP contribution in [-0.2, 0) is 0 Å². The third kappa shape index (κ3) is 3.28. The van der Waals surface area contributed by atoms with Gasteiger partial charge in [0, 0.05) is 42.9 Å². The molecule has 1 amide bonds. The van der Waals surface area contributed by atoms with Crippen molar-refractivity contribution in [3.8, 4) is 5.82 Å². The lowest BCUT2D eigenvalue weighted by Gasteiger charge is -2.13. The first-order chi connectivity index (χ1) is 11.9. The van der Waals surface area contributed by atoms with Gasteiger partial charge in [-0.15, -0.1) is 0 Å². The number of hydrogen-bond donors (Lipinski definition) is 1. The van der Waals surface area contributed by atoms with Crippen LogP contribution in [-0.4, -0.2) is 29.7 Å². The Labute approximate surface area is 147 Å². The SMILES string of the molecule is Cc1cc(-n2c(C)cc(C(=O)Nc3ccc(N(C)C)cc3)c2C)no1. The fourth-order valence-electron chi connectivity index (χ4n) is 2.85. The summed E-state index contributed by atoms with van der Waals surface area (Å²) in [6, 6.07) is 11.4. The molecule has 1 N–H and O–H groups in total. The van der Waals surface area contributed by atoms with Gasteiger partial charge in [0.2, 0.25) is 0 Å². The van der Waals surface area contributed by atoms with Gasteiger partial charge in [0.1, 0.15) is 5.76 Å². The fraction of sp³-hybridized carbons (Fsp3) is 0.263. The van der Waals surface area contributed by atoms with E-state index >= 15 is 0 Å². The van der Waals surface area contributed by atoms with Gasteiger partial charge in [-0.25, -0.2) is 0 Å². The fourth-order valence-corrected chi connectivity index (χ4v) is 2.85. The van der Waals surface area contributed by atoms with Crippen molar-refractivity contribution in [3.63, 3.8) is 0 Å². The highest BCUT2D eigenvalue weighted by Gasteiger charge is 2.18. The molecule has 2 aromatic heterocycles. The number of carbonyl (C=O) groups excluding carboxylic acids is 1. The smallest absolute Gasteiger partial charge is 0.257 e. The Kier molecular flexibility index (Phi) is 4.35. The van der Waals surface area contributed by atoms with Crippen LogP contribution in [0.25, 0.3) is 5.82 Å². The maximum atomic E-state index is 12.7. The van der Waals surface area contributed by atoms with Crippen LogP contribution >= 0.6 is 0 Å². The molecular formula is C19H22N4O2. The minimum absolute atomic E-state index is 0.142. The van der Waals surface area contributed by atoms with Crippen molar-refractivity contribution < 1.29 is 9.32 Å². The molecule has 0 radical (unpaired) electrons. The summed E-state index contributed by atoms with van der Waals surface area (Å²) < 4.78 is 7.07. The van der Waals surface area contributed by atoms with Gasteiger partial charge in [0.05, 0.1) is 5.56 Å². The van der Waals surface area contributed by atoms with Crippen molar-refractivity contribution in [2.45, 2.75) is 20.8 Å². The average Bonchev–Trinajstić information content (AvgIpc) is 3.11. The molecule has 0 aliphatic rings. The highest BCUT2D eigenvalue weighted by Crippen LogP contribution is 2.22. The number of nitrogens with zero attached hydrogens (tertiary/aromatic N) is 3. The summed E-state index contributed by atoms with van der Waals surface area (Å²) in [5.74, 6) is 1.27. The number of anilines is 2. The maximum Gasteiger partial charge on any atom is 0.257 e.